The fraction of sp³-hybridized carbons (Fsp3) is 0.562. The van der Waals surface area contributed by atoms with Gasteiger partial charge in [-0.05, 0) is 24.6 Å². The van der Waals surface area contributed by atoms with E-state index in [-0.39, 0.29) is 0 Å². The Morgan fingerprint density at radius 1 is 1.30 bits per heavy atom. The molecule has 0 N–H and O–H groups in total. The third-order valence-electron chi connectivity index (χ3n) is 3.92. The molecule has 0 amide bonds. The summed E-state index contributed by atoms with van der Waals surface area (Å²) in [5, 5.41) is 8.81. The summed E-state index contributed by atoms with van der Waals surface area (Å²) in [6, 6.07) is 10.6. The summed E-state index contributed by atoms with van der Waals surface area (Å²) in [6.07, 6.45) is 0. The van der Waals surface area contributed by atoms with Crippen molar-refractivity contribution in [2.24, 2.45) is 0 Å². The lowest BCUT2D eigenvalue weighted by Gasteiger charge is -2.39. The fourth-order valence-corrected chi connectivity index (χ4v) is 2.70. The lowest BCUT2D eigenvalue weighted by molar-refractivity contribution is 0.0557. The van der Waals surface area contributed by atoms with Gasteiger partial charge < -0.3 is 4.74 Å². The molecule has 0 spiro atoms. The van der Waals surface area contributed by atoms with Crippen molar-refractivity contribution in [2.45, 2.75) is 19.5 Å². The van der Waals surface area contributed by atoms with Gasteiger partial charge in [-0.2, -0.15) is 5.26 Å². The smallest absolute Gasteiger partial charge is 0.0991 e. The quantitative estimate of drug-likeness (QED) is 0.819. The maximum atomic E-state index is 8.81. The minimum atomic E-state index is 0.567. The Hall–Kier alpha value is -1.41. The van der Waals surface area contributed by atoms with Crippen LogP contribution in [0.5, 0.6) is 0 Å². The van der Waals surface area contributed by atoms with Crippen molar-refractivity contribution in [3.63, 3.8) is 0 Å². The number of nitrogens with zero attached hydrogens (tertiary/aromatic N) is 3. The zero-order valence-electron chi connectivity index (χ0n) is 12.4. The van der Waals surface area contributed by atoms with Crippen molar-refractivity contribution < 1.29 is 4.74 Å². The maximum Gasteiger partial charge on any atom is 0.0991 e. The average molecular weight is 273 g/mol. The van der Waals surface area contributed by atoms with Gasteiger partial charge in [0.05, 0.1) is 18.2 Å². The Morgan fingerprint density at radius 2 is 2.05 bits per heavy atom. The predicted octanol–water partition coefficient (Wildman–Crippen LogP) is 1.71. The van der Waals surface area contributed by atoms with Gasteiger partial charge in [0.1, 0.15) is 0 Å². The molecule has 0 bridgehead atoms. The van der Waals surface area contributed by atoms with E-state index in [1.54, 1.807) is 7.11 Å². The standard InChI is InChI=1S/C16H23N3O/c1-14-12-18(7-8-19(14)9-10-20-2)13-16-5-3-15(11-17)4-6-16/h3-6,14H,7-10,12-13H2,1-2H3/t14-/m1/s1. The largest absolute Gasteiger partial charge is 0.383 e. The minimum absolute atomic E-state index is 0.567. The molecule has 1 aliphatic heterocycles. The van der Waals surface area contributed by atoms with Crippen molar-refractivity contribution in [1.82, 2.24) is 9.80 Å². The summed E-state index contributed by atoms with van der Waals surface area (Å²) < 4.78 is 5.16. The number of methoxy groups -OCH3 is 1. The molecule has 1 saturated heterocycles. The molecule has 0 aromatic heterocycles. The minimum Gasteiger partial charge on any atom is -0.383 e. The Balaban J connectivity index is 1.84. The summed E-state index contributed by atoms with van der Waals surface area (Å²) in [4.78, 5) is 4.97. The van der Waals surface area contributed by atoms with Gasteiger partial charge >= 0.3 is 0 Å². The van der Waals surface area contributed by atoms with Gasteiger partial charge in [-0.3, -0.25) is 9.80 Å². The topological polar surface area (TPSA) is 39.5 Å². The Labute approximate surface area is 121 Å². The Kier molecular flexibility index (Phi) is 5.54. The van der Waals surface area contributed by atoms with Crippen molar-refractivity contribution in [3.05, 3.63) is 35.4 Å². The molecule has 0 aliphatic carbocycles. The molecule has 1 fully saturated rings. The molecule has 1 atom stereocenters. The van der Waals surface area contributed by atoms with E-state index in [0.717, 1.165) is 44.9 Å². The highest BCUT2D eigenvalue weighted by Gasteiger charge is 2.23. The van der Waals surface area contributed by atoms with Gasteiger partial charge in [-0.15, -0.1) is 0 Å². The molecule has 0 radical (unpaired) electrons. The van der Waals surface area contributed by atoms with E-state index in [1.807, 2.05) is 12.1 Å². The van der Waals surface area contributed by atoms with Crippen LogP contribution in [0.1, 0.15) is 18.1 Å². The highest BCUT2D eigenvalue weighted by molar-refractivity contribution is 5.31. The molecule has 2 rings (SSSR count). The van der Waals surface area contributed by atoms with Crippen LogP contribution in [-0.4, -0.2) is 55.7 Å². The predicted molar refractivity (Wildman–Crippen MR) is 79.3 cm³/mol. The van der Waals surface area contributed by atoms with E-state index in [4.69, 9.17) is 10.00 Å². The molecule has 0 unspecified atom stereocenters. The lowest BCUT2D eigenvalue weighted by atomic mass is 10.1. The zero-order chi connectivity index (χ0) is 14.4. The first-order valence-corrected chi connectivity index (χ1v) is 7.17. The molecular formula is C16H23N3O. The first kappa shape index (κ1) is 15.0. The van der Waals surface area contributed by atoms with Gasteiger partial charge in [0.25, 0.3) is 0 Å². The molecule has 4 nitrogen and oxygen atoms in total. The van der Waals surface area contributed by atoms with E-state index in [0.29, 0.717) is 6.04 Å². The summed E-state index contributed by atoms with van der Waals surface area (Å²) in [5.74, 6) is 0. The van der Waals surface area contributed by atoms with E-state index in [1.165, 1.54) is 5.56 Å². The molecule has 1 heterocycles. The molecule has 4 heteroatoms. The van der Waals surface area contributed by atoms with E-state index >= 15 is 0 Å². The van der Waals surface area contributed by atoms with Crippen LogP contribution < -0.4 is 0 Å². The lowest BCUT2D eigenvalue weighted by Crippen LogP contribution is -2.52. The average Bonchev–Trinajstić information content (AvgIpc) is 2.47. The molecule has 20 heavy (non-hydrogen) atoms. The second-order valence-corrected chi connectivity index (χ2v) is 5.42. The molecule has 1 aromatic carbocycles. The number of hydrogen-bond donors (Lipinski definition) is 0. The van der Waals surface area contributed by atoms with Crippen molar-refractivity contribution in [2.75, 3.05) is 39.9 Å². The number of benzene rings is 1. The number of rotatable bonds is 5. The summed E-state index contributed by atoms with van der Waals surface area (Å²) in [7, 11) is 1.76. The SMILES string of the molecule is COCCN1CCN(Cc2ccc(C#N)cc2)C[C@H]1C. The number of ether oxygens (including phenoxy) is 1. The van der Waals surface area contributed by atoms with Crippen LogP contribution in [0, 0.1) is 11.3 Å². The van der Waals surface area contributed by atoms with Gasteiger partial charge in [0.15, 0.2) is 0 Å². The fourth-order valence-electron chi connectivity index (χ4n) is 2.70. The first-order valence-electron chi connectivity index (χ1n) is 7.17. The van der Waals surface area contributed by atoms with Crippen LogP contribution in [-0.2, 0) is 11.3 Å². The van der Waals surface area contributed by atoms with Crippen LogP contribution in [0.25, 0.3) is 0 Å². The van der Waals surface area contributed by atoms with E-state index in [9.17, 15) is 0 Å². The molecule has 108 valence electrons. The van der Waals surface area contributed by atoms with Crippen LogP contribution in [0.2, 0.25) is 0 Å². The monoisotopic (exact) mass is 273 g/mol. The van der Waals surface area contributed by atoms with Crippen molar-refractivity contribution >= 4 is 0 Å². The molecule has 0 saturated carbocycles. The first-order chi connectivity index (χ1) is 9.72. The van der Waals surface area contributed by atoms with Gasteiger partial charge in [0.2, 0.25) is 0 Å². The van der Waals surface area contributed by atoms with Crippen molar-refractivity contribution in [1.29, 1.82) is 5.26 Å². The van der Waals surface area contributed by atoms with Crippen LogP contribution in [0.4, 0.5) is 0 Å². The second kappa shape index (κ2) is 7.39. The van der Waals surface area contributed by atoms with Crippen LogP contribution in [0.15, 0.2) is 24.3 Å². The Bertz CT molecular complexity index is 452. The normalized spacial score (nSPS) is 20.8. The van der Waals surface area contributed by atoms with E-state index < -0.39 is 0 Å². The zero-order valence-corrected chi connectivity index (χ0v) is 12.4. The highest BCUT2D eigenvalue weighted by Crippen LogP contribution is 2.13. The van der Waals surface area contributed by atoms with Crippen LogP contribution in [0.3, 0.4) is 0 Å². The van der Waals surface area contributed by atoms with Crippen LogP contribution >= 0.6 is 0 Å². The maximum absolute atomic E-state index is 8.81. The van der Waals surface area contributed by atoms with Gasteiger partial charge in [-0.25, -0.2) is 0 Å². The third-order valence-corrected chi connectivity index (χ3v) is 3.92. The summed E-state index contributed by atoms with van der Waals surface area (Å²) in [5.41, 5.74) is 2.01. The number of nitriles is 1. The third kappa shape index (κ3) is 4.04. The van der Waals surface area contributed by atoms with Gasteiger partial charge in [-0.1, -0.05) is 12.1 Å². The molecule has 1 aromatic rings. The number of hydrogen-bond acceptors (Lipinski definition) is 4. The number of piperazine rings is 1. The molecular weight excluding hydrogens is 250 g/mol. The van der Waals surface area contributed by atoms with E-state index in [2.05, 4.69) is 34.9 Å². The summed E-state index contributed by atoms with van der Waals surface area (Å²) >= 11 is 0. The Morgan fingerprint density at radius 3 is 2.65 bits per heavy atom. The second-order valence-electron chi connectivity index (χ2n) is 5.42. The molecule has 1 aliphatic rings. The van der Waals surface area contributed by atoms with Gasteiger partial charge in [0, 0.05) is 45.9 Å². The van der Waals surface area contributed by atoms with Crippen molar-refractivity contribution in [3.8, 4) is 6.07 Å². The summed E-state index contributed by atoms with van der Waals surface area (Å²) in [6.45, 7) is 8.34. The highest BCUT2D eigenvalue weighted by atomic mass is 16.5.